The Hall–Kier alpha value is -2.53. The molecule has 2 aliphatic rings. The van der Waals surface area contributed by atoms with E-state index in [-0.39, 0.29) is 17.9 Å². The van der Waals surface area contributed by atoms with Gasteiger partial charge in [0.2, 0.25) is 5.91 Å². The average molecular weight is 440 g/mol. The first-order valence-corrected chi connectivity index (χ1v) is 11.7. The number of carbonyl (C=O) groups excluding carboxylic acids is 2. The van der Waals surface area contributed by atoms with Crippen molar-refractivity contribution in [3.8, 4) is 0 Å². The molecule has 0 radical (unpaired) electrons. The third-order valence-corrected chi connectivity index (χ3v) is 6.48. The van der Waals surface area contributed by atoms with Gasteiger partial charge in [0.15, 0.2) is 0 Å². The molecule has 1 saturated carbocycles. The molecule has 1 atom stereocenters. The number of anilines is 2. The lowest BCUT2D eigenvalue weighted by Gasteiger charge is -2.32. The summed E-state index contributed by atoms with van der Waals surface area (Å²) in [5, 5.41) is 5.41. The molecule has 2 N–H and O–H groups in total. The molecule has 2 aromatic carbocycles. The van der Waals surface area contributed by atoms with Gasteiger partial charge in [0, 0.05) is 30.5 Å². The number of hydrogen-bond acceptors (Lipinski definition) is 3. The summed E-state index contributed by atoms with van der Waals surface area (Å²) < 4.78 is 0. The van der Waals surface area contributed by atoms with Crippen molar-refractivity contribution in [2.45, 2.75) is 63.4 Å². The van der Waals surface area contributed by atoms with E-state index in [1.54, 1.807) is 13.0 Å². The van der Waals surface area contributed by atoms with Crippen LogP contribution in [0.25, 0.3) is 0 Å². The molecule has 2 aromatic rings. The monoisotopic (exact) mass is 439 g/mol. The number of amides is 2. The second-order valence-electron chi connectivity index (χ2n) is 8.59. The topological polar surface area (TPSA) is 61.4 Å². The van der Waals surface area contributed by atoms with Gasteiger partial charge in [0.25, 0.3) is 5.91 Å². The highest BCUT2D eigenvalue weighted by Gasteiger charge is 2.24. The Balaban J connectivity index is 1.61. The second-order valence-corrected chi connectivity index (χ2v) is 9.24. The number of rotatable bonds is 5. The van der Waals surface area contributed by atoms with E-state index < -0.39 is 5.38 Å². The highest BCUT2D eigenvalue weighted by Crippen LogP contribution is 2.30. The molecule has 31 heavy (non-hydrogen) atoms. The van der Waals surface area contributed by atoms with Crippen molar-refractivity contribution >= 4 is 34.8 Å². The molecule has 5 nitrogen and oxygen atoms in total. The Morgan fingerprint density at radius 1 is 1.06 bits per heavy atom. The number of carbonyl (C=O) groups is 2. The number of nitrogens with one attached hydrogen (secondary N) is 2. The average Bonchev–Trinajstić information content (AvgIpc) is 2.79. The Kier molecular flexibility index (Phi) is 6.81. The molecule has 4 rings (SSSR count). The van der Waals surface area contributed by atoms with Crippen molar-refractivity contribution in [1.29, 1.82) is 0 Å². The standard InChI is InChI=1S/C25H30ClN3O2/c1-17(26)24(30)28-21-11-12-23(29-14-13-18-7-5-6-8-19(18)16-29)22(15-21)25(31)27-20-9-3-2-4-10-20/h5-8,11-12,15,17,20H,2-4,9-10,13-14,16H2,1H3,(H,27,31)(H,28,30). The van der Waals surface area contributed by atoms with Gasteiger partial charge in [-0.3, -0.25) is 9.59 Å². The Bertz CT molecular complexity index is 954. The third-order valence-electron chi connectivity index (χ3n) is 6.28. The van der Waals surface area contributed by atoms with E-state index in [9.17, 15) is 9.59 Å². The van der Waals surface area contributed by atoms with Gasteiger partial charge in [0.1, 0.15) is 5.38 Å². The summed E-state index contributed by atoms with van der Waals surface area (Å²) in [4.78, 5) is 27.7. The van der Waals surface area contributed by atoms with Gasteiger partial charge >= 0.3 is 0 Å². The van der Waals surface area contributed by atoms with Crippen molar-refractivity contribution in [1.82, 2.24) is 5.32 Å². The van der Waals surface area contributed by atoms with Crippen LogP contribution in [0.15, 0.2) is 42.5 Å². The van der Waals surface area contributed by atoms with Gasteiger partial charge in [-0.15, -0.1) is 11.6 Å². The molecule has 1 aliphatic heterocycles. The number of benzene rings is 2. The van der Waals surface area contributed by atoms with Gasteiger partial charge in [-0.1, -0.05) is 43.5 Å². The van der Waals surface area contributed by atoms with E-state index in [4.69, 9.17) is 11.6 Å². The molecule has 164 valence electrons. The normalized spacial score (nSPS) is 17.5. The van der Waals surface area contributed by atoms with Crippen LogP contribution < -0.4 is 15.5 Å². The minimum absolute atomic E-state index is 0.0734. The van der Waals surface area contributed by atoms with Gasteiger partial charge in [0.05, 0.1) is 5.56 Å². The van der Waals surface area contributed by atoms with Gasteiger partial charge < -0.3 is 15.5 Å². The summed E-state index contributed by atoms with van der Waals surface area (Å²) >= 11 is 5.91. The Morgan fingerprint density at radius 2 is 1.81 bits per heavy atom. The van der Waals surface area contributed by atoms with Crippen LogP contribution in [-0.2, 0) is 17.8 Å². The highest BCUT2D eigenvalue weighted by molar-refractivity contribution is 6.32. The Labute approximate surface area is 189 Å². The lowest BCUT2D eigenvalue weighted by atomic mass is 9.95. The van der Waals surface area contributed by atoms with Crippen LogP contribution in [0.5, 0.6) is 0 Å². The number of halogens is 1. The zero-order chi connectivity index (χ0) is 21.8. The summed E-state index contributed by atoms with van der Waals surface area (Å²) in [6.07, 6.45) is 6.55. The smallest absolute Gasteiger partial charge is 0.253 e. The molecule has 1 unspecified atom stereocenters. The zero-order valence-electron chi connectivity index (χ0n) is 18.0. The van der Waals surface area contributed by atoms with Gasteiger partial charge in [-0.05, 0) is 55.5 Å². The third kappa shape index (κ3) is 5.21. The molecule has 0 aromatic heterocycles. The minimum atomic E-state index is -0.641. The number of nitrogens with zero attached hydrogens (tertiary/aromatic N) is 1. The van der Waals surface area contributed by atoms with Crippen molar-refractivity contribution < 1.29 is 9.59 Å². The number of alkyl halides is 1. The predicted molar refractivity (Wildman–Crippen MR) is 126 cm³/mol. The first-order valence-electron chi connectivity index (χ1n) is 11.2. The summed E-state index contributed by atoms with van der Waals surface area (Å²) in [6.45, 7) is 3.25. The predicted octanol–water partition coefficient (Wildman–Crippen LogP) is 4.88. The maximum absolute atomic E-state index is 13.3. The van der Waals surface area contributed by atoms with Crippen LogP contribution in [0.1, 0.15) is 60.5 Å². The van der Waals surface area contributed by atoms with E-state index in [0.29, 0.717) is 11.3 Å². The number of hydrogen-bond donors (Lipinski definition) is 2. The van der Waals surface area contributed by atoms with Crippen LogP contribution in [0, 0.1) is 0 Å². The largest absolute Gasteiger partial charge is 0.366 e. The molecule has 2 amide bonds. The zero-order valence-corrected chi connectivity index (χ0v) is 18.8. The molecular weight excluding hydrogens is 410 g/mol. The molecule has 0 saturated heterocycles. The summed E-state index contributed by atoms with van der Waals surface area (Å²) in [5.74, 6) is -0.351. The van der Waals surface area contributed by atoms with Crippen molar-refractivity contribution in [2.24, 2.45) is 0 Å². The van der Waals surface area contributed by atoms with E-state index in [1.165, 1.54) is 17.5 Å². The fraction of sp³-hybridized carbons (Fsp3) is 0.440. The van der Waals surface area contributed by atoms with Gasteiger partial charge in [-0.25, -0.2) is 0 Å². The quantitative estimate of drug-likeness (QED) is 0.653. The minimum Gasteiger partial charge on any atom is -0.366 e. The SMILES string of the molecule is CC(Cl)C(=O)Nc1ccc(N2CCc3ccccc3C2)c(C(=O)NC2CCCCC2)c1. The van der Waals surface area contributed by atoms with Crippen molar-refractivity contribution in [3.63, 3.8) is 0 Å². The first-order chi connectivity index (χ1) is 15.0. The van der Waals surface area contributed by atoms with E-state index in [1.807, 2.05) is 12.1 Å². The molecule has 0 spiro atoms. The lowest BCUT2D eigenvalue weighted by Crippen LogP contribution is -2.38. The van der Waals surface area contributed by atoms with E-state index >= 15 is 0 Å². The van der Waals surface area contributed by atoms with Crippen LogP contribution in [-0.4, -0.2) is 29.8 Å². The maximum atomic E-state index is 13.3. The van der Waals surface area contributed by atoms with Crippen molar-refractivity contribution in [3.05, 3.63) is 59.2 Å². The maximum Gasteiger partial charge on any atom is 0.253 e. The fourth-order valence-corrected chi connectivity index (χ4v) is 4.58. The molecule has 1 heterocycles. The fourth-order valence-electron chi connectivity index (χ4n) is 4.52. The van der Waals surface area contributed by atoms with E-state index in [0.717, 1.165) is 50.9 Å². The summed E-state index contributed by atoms with van der Waals surface area (Å²) in [7, 11) is 0. The molecule has 1 fully saturated rings. The van der Waals surface area contributed by atoms with Crippen LogP contribution in [0.3, 0.4) is 0 Å². The number of fused-ring (bicyclic) bond motifs is 1. The molecule has 1 aliphatic carbocycles. The second kappa shape index (κ2) is 9.73. The lowest BCUT2D eigenvalue weighted by molar-refractivity contribution is -0.115. The highest BCUT2D eigenvalue weighted by atomic mass is 35.5. The summed E-state index contributed by atoms with van der Waals surface area (Å²) in [5.41, 5.74) is 4.75. The van der Waals surface area contributed by atoms with E-state index in [2.05, 4.69) is 39.8 Å². The van der Waals surface area contributed by atoms with Gasteiger partial charge in [-0.2, -0.15) is 0 Å². The summed E-state index contributed by atoms with van der Waals surface area (Å²) in [6, 6.07) is 14.3. The molecular formula is C25H30ClN3O2. The molecule has 6 heteroatoms. The van der Waals surface area contributed by atoms with Crippen LogP contribution in [0.4, 0.5) is 11.4 Å². The van der Waals surface area contributed by atoms with Crippen LogP contribution >= 0.6 is 11.6 Å². The molecule has 0 bridgehead atoms. The van der Waals surface area contributed by atoms with Crippen molar-refractivity contribution in [2.75, 3.05) is 16.8 Å². The first kappa shape index (κ1) is 21.7. The van der Waals surface area contributed by atoms with Crippen LogP contribution in [0.2, 0.25) is 0 Å². The Morgan fingerprint density at radius 3 is 2.55 bits per heavy atom.